The van der Waals surface area contributed by atoms with Gasteiger partial charge >= 0.3 is 0 Å². The number of halogens is 2. The molecule has 0 radical (unpaired) electrons. The third-order valence-electron chi connectivity index (χ3n) is 3.13. The van der Waals surface area contributed by atoms with Crippen molar-refractivity contribution >= 4 is 29.9 Å². The Balaban J connectivity index is 0.00000242. The summed E-state index contributed by atoms with van der Waals surface area (Å²) in [6.45, 7) is 3.93. The van der Waals surface area contributed by atoms with E-state index in [2.05, 4.69) is 20.6 Å². The van der Waals surface area contributed by atoms with Gasteiger partial charge in [-0.05, 0) is 24.1 Å². The van der Waals surface area contributed by atoms with Gasteiger partial charge in [-0.2, -0.15) is 0 Å². The van der Waals surface area contributed by atoms with Crippen molar-refractivity contribution in [2.75, 3.05) is 13.6 Å². The molecule has 5 nitrogen and oxygen atoms in total. The molecule has 0 aliphatic heterocycles. The average Bonchev–Trinajstić information content (AvgIpc) is 2.99. The SMILES string of the molecule is CN=C(NCCn1ccnc1)NCc1ccc(F)c(C)c1.I. The van der Waals surface area contributed by atoms with Crippen LogP contribution in [0.2, 0.25) is 0 Å². The lowest BCUT2D eigenvalue weighted by Crippen LogP contribution is -2.38. The van der Waals surface area contributed by atoms with Crippen LogP contribution in [0.15, 0.2) is 41.9 Å². The Morgan fingerprint density at radius 3 is 2.82 bits per heavy atom. The average molecular weight is 417 g/mol. The summed E-state index contributed by atoms with van der Waals surface area (Å²) in [4.78, 5) is 8.15. The van der Waals surface area contributed by atoms with Crippen molar-refractivity contribution in [1.29, 1.82) is 0 Å². The maximum atomic E-state index is 13.2. The van der Waals surface area contributed by atoms with Gasteiger partial charge in [0, 0.05) is 39.1 Å². The molecule has 0 saturated carbocycles. The fraction of sp³-hybridized carbons (Fsp3) is 0.333. The molecule has 0 atom stereocenters. The minimum atomic E-state index is -0.179. The van der Waals surface area contributed by atoms with Gasteiger partial charge in [0.25, 0.3) is 0 Å². The lowest BCUT2D eigenvalue weighted by Gasteiger charge is -2.12. The molecule has 1 aromatic carbocycles. The van der Waals surface area contributed by atoms with Crippen LogP contribution >= 0.6 is 24.0 Å². The summed E-state index contributed by atoms with van der Waals surface area (Å²) in [6.07, 6.45) is 5.45. The molecule has 0 aliphatic carbocycles. The topological polar surface area (TPSA) is 54.2 Å². The van der Waals surface area contributed by atoms with Crippen molar-refractivity contribution in [2.45, 2.75) is 20.0 Å². The van der Waals surface area contributed by atoms with Crippen LogP contribution < -0.4 is 10.6 Å². The molecule has 2 rings (SSSR count). The van der Waals surface area contributed by atoms with E-state index in [9.17, 15) is 4.39 Å². The number of aryl methyl sites for hydroxylation is 1. The van der Waals surface area contributed by atoms with Crippen molar-refractivity contribution in [1.82, 2.24) is 20.2 Å². The Labute approximate surface area is 147 Å². The molecule has 0 fully saturated rings. The molecule has 1 aromatic heterocycles. The first-order chi connectivity index (χ1) is 10.2. The Morgan fingerprint density at radius 1 is 1.36 bits per heavy atom. The second-order valence-electron chi connectivity index (χ2n) is 4.74. The molecule has 0 aliphatic rings. The fourth-order valence-electron chi connectivity index (χ4n) is 1.95. The van der Waals surface area contributed by atoms with Gasteiger partial charge < -0.3 is 15.2 Å². The van der Waals surface area contributed by atoms with E-state index in [-0.39, 0.29) is 29.8 Å². The summed E-state index contributed by atoms with van der Waals surface area (Å²) in [7, 11) is 1.72. The molecule has 0 spiro atoms. The van der Waals surface area contributed by atoms with Gasteiger partial charge in [0.1, 0.15) is 5.82 Å². The smallest absolute Gasteiger partial charge is 0.191 e. The van der Waals surface area contributed by atoms with E-state index in [0.717, 1.165) is 24.6 Å². The number of guanidine groups is 1. The fourth-order valence-corrected chi connectivity index (χ4v) is 1.95. The lowest BCUT2D eigenvalue weighted by atomic mass is 10.1. The molecule has 0 saturated heterocycles. The van der Waals surface area contributed by atoms with Gasteiger partial charge in [-0.15, -0.1) is 24.0 Å². The minimum Gasteiger partial charge on any atom is -0.355 e. The van der Waals surface area contributed by atoms with Crippen molar-refractivity contribution in [2.24, 2.45) is 4.99 Å². The molecule has 120 valence electrons. The summed E-state index contributed by atoms with van der Waals surface area (Å²) < 4.78 is 15.2. The van der Waals surface area contributed by atoms with Gasteiger partial charge in [0.05, 0.1) is 6.33 Å². The highest BCUT2D eigenvalue weighted by atomic mass is 127. The maximum absolute atomic E-state index is 13.2. The molecule has 0 unspecified atom stereocenters. The van der Waals surface area contributed by atoms with Gasteiger partial charge in [0.15, 0.2) is 5.96 Å². The van der Waals surface area contributed by atoms with Crippen LogP contribution in [0.4, 0.5) is 4.39 Å². The Bertz CT molecular complexity index is 598. The lowest BCUT2D eigenvalue weighted by molar-refractivity contribution is 0.617. The molecular weight excluding hydrogens is 396 g/mol. The number of hydrogen-bond acceptors (Lipinski definition) is 2. The van der Waals surface area contributed by atoms with Gasteiger partial charge in [0.2, 0.25) is 0 Å². The van der Waals surface area contributed by atoms with Crippen LogP contribution in [0, 0.1) is 12.7 Å². The molecule has 7 heteroatoms. The molecule has 1 heterocycles. The predicted molar refractivity (Wildman–Crippen MR) is 97.0 cm³/mol. The number of nitrogens with zero attached hydrogens (tertiary/aromatic N) is 3. The predicted octanol–water partition coefficient (Wildman–Crippen LogP) is 2.31. The molecule has 2 N–H and O–H groups in total. The molecule has 2 aromatic rings. The molecule has 22 heavy (non-hydrogen) atoms. The molecule has 0 bridgehead atoms. The quantitative estimate of drug-likeness (QED) is 0.446. The summed E-state index contributed by atoms with van der Waals surface area (Å²) in [5.74, 6) is 0.540. The number of rotatable bonds is 5. The second kappa shape index (κ2) is 9.39. The van der Waals surface area contributed by atoms with Crippen LogP contribution in [0.1, 0.15) is 11.1 Å². The zero-order valence-electron chi connectivity index (χ0n) is 12.7. The van der Waals surface area contributed by atoms with E-state index in [1.54, 1.807) is 32.6 Å². The van der Waals surface area contributed by atoms with Gasteiger partial charge in [-0.1, -0.05) is 12.1 Å². The Hall–Kier alpha value is -1.64. The first-order valence-corrected chi connectivity index (χ1v) is 6.84. The zero-order valence-corrected chi connectivity index (χ0v) is 15.0. The number of imidazole rings is 1. The number of aliphatic imine (C=N–C) groups is 1. The minimum absolute atomic E-state index is 0. The van der Waals surface area contributed by atoms with Crippen LogP contribution in [0.5, 0.6) is 0 Å². The largest absolute Gasteiger partial charge is 0.355 e. The van der Waals surface area contributed by atoms with E-state index < -0.39 is 0 Å². The monoisotopic (exact) mass is 417 g/mol. The van der Waals surface area contributed by atoms with Crippen LogP contribution in [0.25, 0.3) is 0 Å². The molecular formula is C15H21FIN5. The summed E-state index contributed by atoms with van der Waals surface area (Å²) in [5, 5.41) is 6.42. The first-order valence-electron chi connectivity index (χ1n) is 6.84. The number of nitrogens with one attached hydrogen (secondary N) is 2. The Kier molecular flexibility index (Phi) is 7.86. The highest BCUT2D eigenvalue weighted by Crippen LogP contribution is 2.08. The number of aromatic nitrogens is 2. The van der Waals surface area contributed by atoms with E-state index in [1.165, 1.54) is 6.07 Å². The highest BCUT2D eigenvalue weighted by molar-refractivity contribution is 14.0. The van der Waals surface area contributed by atoms with Crippen molar-refractivity contribution < 1.29 is 4.39 Å². The zero-order chi connectivity index (χ0) is 15.1. The van der Waals surface area contributed by atoms with Crippen molar-refractivity contribution in [3.8, 4) is 0 Å². The maximum Gasteiger partial charge on any atom is 0.191 e. The first kappa shape index (κ1) is 18.4. The normalized spacial score (nSPS) is 11.0. The van der Waals surface area contributed by atoms with Crippen LogP contribution in [-0.2, 0) is 13.1 Å². The third kappa shape index (κ3) is 5.63. The van der Waals surface area contributed by atoms with E-state index >= 15 is 0 Å². The number of hydrogen-bond donors (Lipinski definition) is 2. The van der Waals surface area contributed by atoms with Crippen molar-refractivity contribution in [3.63, 3.8) is 0 Å². The summed E-state index contributed by atoms with van der Waals surface area (Å²) >= 11 is 0. The second-order valence-corrected chi connectivity index (χ2v) is 4.74. The molecule has 0 amide bonds. The highest BCUT2D eigenvalue weighted by Gasteiger charge is 2.01. The Morgan fingerprint density at radius 2 is 2.18 bits per heavy atom. The van der Waals surface area contributed by atoms with E-state index in [4.69, 9.17) is 0 Å². The van der Waals surface area contributed by atoms with Crippen LogP contribution in [-0.4, -0.2) is 29.1 Å². The van der Waals surface area contributed by atoms with Crippen molar-refractivity contribution in [3.05, 3.63) is 53.9 Å². The van der Waals surface area contributed by atoms with E-state index in [0.29, 0.717) is 12.1 Å². The third-order valence-corrected chi connectivity index (χ3v) is 3.13. The number of benzene rings is 1. The standard InChI is InChI=1S/C15H20FN5.HI/c1-12-9-13(3-4-14(12)16)10-20-15(17-2)19-6-8-21-7-5-18-11-21;/h3-5,7,9,11H,6,8,10H2,1-2H3,(H2,17,19,20);1H. The van der Waals surface area contributed by atoms with E-state index in [1.807, 2.05) is 16.8 Å². The van der Waals surface area contributed by atoms with Gasteiger partial charge in [-0.25, -0.2) is 9.37 Å². The van der Waals surface area contributed by atoms with Gasteiger partial charge in [-0.3, -0.25) is 4.99 Å². The summed E-state index contributed by atoms with van der Waals surface area (Å²) in [6, 6.07) is 5.09. The van der Waals surface area contributed by atoms with Crippen LogP contribution in [0.3, 0.4) is 0 Å². The summed E-state index contributed by atoms with van der Waals surface area (Å²) in [5.41, 5.74) is 1.67.